The van der Waals surface area contributed by atoms with Crippen LogP contribution >= 0.6 is 0 Å². The van der Waals surface area contributed by atoms with Crippen LogP contribution in [0.5, 0.6) is 5.75 Å². The van der Waals surface area contributed by atoms with Gasteiger partial charge in [0.15, 0.2) is 11.6 Å². The highest BCUT2D eigenvalue weighted by molar-refractivity contribution is 5.95. The minimum Gasteiger partial charge on any atom is -0.485 e. The lowest BCUT2D eigenvalue weighted by Gasteiger charge is -2.15. The van der Waals surface area contributed by atoms with E-state index < -0.39 is 35.1 Å². The number of nitrogens with one attached hydrogen (secondary N) is 1. The summed E-state index contributed by atoms with van der Waals surface area (Å²) in [5, 5.41) is 2.46. The predicted molar refractivity (Wildman–Crippen MR) is 109 cm³/mol. The Bertz CT molecular complexity index is 1190. The average molecular weight is 445 g/mol. The van der Waals surface area contributed by atoms with Gasteiger partial charge < -0.3 is 10.1 Å². The lowest BCUT2D eigenvalue weighted by atomic mass is 10.0. The van der Waals surface area contributed by atoms with Crippen molar-refractivity contribution in [3.63, 3.8) is 0 Å². The van der Waals surface area contributed by atoms with E-state index in [9.17, 15) is 22.4 Å². The first-order valence-electron chi connectivity index (χ1n) is 9.87. The van der Waals surface area contributed by atoms with Gasteiger partial charge in [-0.3, -0.25) is 9.78 Å². The number of halogens is 4. The van der Waals surface area contributed by atoms with E-state index in [1.807, 2.05) is 0 Å². The molecule has 2 heterocycles. The molecule has 1 aromatic heterocycles. The number of carbonyl (C=O) groups excluding carboxylic acids is 1. The van der Waals surface area contributed by atoms with Crippen molar-refractivity contribution in [2.45, 2.75) is 32.5 Å². The Kier molecular flexibility index (Phi) is 5.58. The van der Waals surface area contributed by atoms with Crippen molar-refractivity contribution in [3.8, 4) is 17.0 Å². The van der Waals surface area contributed by atoms with E-state index in [1.54, 1.807) is 26.1 Å². The fourth-order valence-electron chi connectivity index (χ4n) is 3.68. The Morgan fingerprint density at radius 3 is 2.72 bits per heavy atom. The quantitative estimate of drug-likeness (QED) is 0.594. The largest absolute Gasteiger partial charge is 0.485 e. The normalized spacial score (nSPS) is 15.2. The SMILES string of the molecule is Cc1cnc(C)c(-c2cc(F)c3c(c2)C[C@@H](CNC(=O)c2ccccc2C(F)(F)F)O3)n1. The smallest absolute Gasteiger partial charge is 0.417 e. The zero-order valence-corrected chi connectivity index (χ0v) is 17.3. The molecule has 2 aromatic carbocycles. The summed E-state index contributed by atoms with van der Waals surface area (Å²) >= 11 is 0. The third-order valence-corrected chi connectivity index (χ3v) is 5.17. The molecule has 32 heavy (non-hydrogen) atoms. The molecule has 9 heteroatoms. The summed E-state index contributed by atoms with van der Waals surface area (Å²) in [5.41, 5.74) is 1.58. The third-order valence-electron chi connectivity index (χ3n) is 5.17. The molecule has 1 aliphatic heterocycles. The minimum absolute atomic E-state index is 0.0713. The van der Waals surface area contributed by atoms with Crippen LogP contribution in [-0.2, 0) is 12.6 Å². The zero-order valence-electron chi connectivity index (χ0n) is 17.3. The second kappa shape index (κ2) is 8.22. The maximum Gasteiger partial charge on any atom is 0.417 e. The standard InChI is InChI=1S/C23H19F4N3O2/c1-12-10-28-13(2)20(30-12)14-7-15-8-16(32-21(15)19(24)9-14)11-29-22(31)17-5-3-4-6-18(17)23(25,26)27/h3-7,9-10,16H,8,11H2,1-2H3,(H,29,31)/t16-/m0/s1. The summed E-state index contributed by atoms with van der Waals surface area (Å²) in [4.78, 5) is 21.0. The zero-order chi connectivity index (χ0) is 23.0. The van der Waals surface area contributed by atoms with Gasteiger partial charge in [-0.15, -0.1) is 0 Å². The molecule has 166 valence electrons. The van der Waals surface area contributed by atoms with Gasteiger partial charge in [0.25, 0.3) is 5.91 Å². The maximum atomic E-state index is 14.7. The Morgan fingerprint density at radius 2 is 1.97 bits per heavy atom. The number of hydrogen-bond donors (Lipinski definition) is 1. The van der Waals surface area contributed by atoms with E-state index in [2.05, 4.69) is 15.3 Å². The van der Waals surface area contributed by atoms with E-state index >= 15 is 0 Å². The summed E-state index contributed by atoms with van der Waals surface area (Å²) in [7, 11) is 0. The highest BCUT2D eigenvalue weighted by Gasteiger charge is 2.35. The highest BCUT2D eigenvalue weighted by atomic mass is 19.4. The average Bonchev–Trinajstić information content (AvgIpc) is 3.17. The van der Waals surface area contributed by atoms with Gasteiger partial charge in [0, 0.05) is 23.7 Å². The van der Waals surface area contributed by atoms with Crippen molar-refractivity contribution < 1.29 is 27.1 Å². The Balaban J connectivity index is 1.49. The molecule has 0 bridgehead atoms. The number of ether oxygens (including phenoxy) is 1. The molecule has 0 unspecified atom stereocenters. The molecule has 1 aliphatic rings. The van der Waals surface area contributed by atoms with Gasteiger partial charge in [-0.05, 0) is 38.1 Å². The molecule has 1 amide bonds. The van der Waals surface area contributed by atoms with Crippen molar-refractivity contribution >= 4 is 5.91 Å². The summed E-state index contributed by atoms with van der Waals surface area (Å²) in [6.45, 7) is 3.50. The first kappa shape index (κ1) is 21.7. The molecule has 5 nitrogen and oxygen atoms in total. The van der Waals surface area contributed by atoms with Crippen molar-refractivity contribution in [1.29, 1.82) is 0 Å². The molecular formula is C23H19F4N3O2. The predicted octanol–water partition coefficient (Wildman–Crippen LogP) is 4.65. The van der Waals surface area contributed by atoms with Gasteiger partial charge in [0.1, 0.15) is 6.10 Å². The van der Waals surface area contributed by atoms with Crippen LogP contribution in [0.4, 0.5) is 17.6 Å². The van der Waals surface area contributed by atoms with E-state index in [0.717, 1.165) is 12.1 Å². The molecule has 1 N–H and O–H groups in total. The Hall–Kier alpha value is -3.49. The Morgan fingerprint density at radius 1 is 1.22 bits per heavy atom. The minimum atomic E-state index is -4.65. The molecule has 4 rings (SSSR count). The van der Waals surface area contributed by atoms with Crippen molar-refractivity contribution in [1.82, 2.24) is 15.3 Å². The molecule has 0 saturated carbocycles. The van der Waals surface area contributed by atoms with E-state index in [-0.39, 0.29) is 12.3 Å². The molecule has 0 spiro atoms. The van der Waals surface area contributed by atoms with Crippen LogP contribution in [0, 0.1) is 19.7 Å². The number of aryl methyl sites for hydroxylation is 2. The maximum absolute atomic E-state index is 14.7. The van der Waals surface area contributed by atoms with Gasteiger partial charge in [0.05, 0.1) is 34.8 Å². The first-order chi connectivity index (χ1) is 15.1. The van der Waals surface area contributed by atoms with Gasteiger partial charge in [-0.25, -0.2) is 9.37 Å². The van der Waals surface area contributed by atoms with E-state index in [0.29, 0.717) is 34.6 Å². The lowest BCUT2D eigenvalue weighted by Crippen LogP contribution is -2.35. The van der Waals surface area contributed by atoms with Crippen molar-refractivity contribution in [2.75, 3.05) is 6.54 Å². The molecule has 0 saturated heterocycles. The number of alkyl halides is 3. The lowest BCUT2D eigenvalue weighted by molar-refractivity contribution is -0.137. The first-order valence-corrected chi connectivity index (χ1v) is 9.87. The summed E-state index contributed by atoms with van der Waals surface area (Å²) in [6.07, 6.45) is -3.34. The monoisotopic (exact) mass is 445 g/mol. The number of fused-ring (bicyclic) bond motifs is 1. The second-order valence-electron chi connectivity index (χ2n) is 7.59. The number of carbonyl (C=O) groups is 1. The number of benzene rings is 2. The second-order valence-corrected chi connectivity index (χ2v) is 7.59. The van der Waals surface area contributed by atoms with Crippen LogP contribution in [0.25, 0.3) is 11.3 Å². The van der Waals surface area contributed by atoms with Gasteiger partial charge >= 0.3 is 6.18 Å². The van der Waals surface area contributed by atoms with Gasteiger partial charge in [0.2, 0.25) is 0 Å². The van der Waals surface area contributed by atoms with Crippen molar-refractivity contribution in [3.05, 3.63) is 76.5 Å². The number of hydrogen-bond acceptors (Lipinski definition) is 4. The molecule has 1 atom stereocenters. The topological polar surface area (TPSA) is 64.1 Å². The molecular weight excluding hydrogens is 426 g/mol. The molecule has 0 radical (unpaired) electrons. The van der Waals surface area contributed by atoms with Crippen LogP contribution in [0.15, 0.2) is 42.6 Å². The number of amides is 1. The van der Waals surface area contributed by atoms with Crippen LogP contribution in [0.2, 0.25) is 0 Å². The highest BCUT2D eigenvalue weighted by Crippen LogP contribution is 2.36. The summed E-state index contributed by atoms with van der Waals surface area (Å²) < 4.78 is 59.8. The van der Waals surface area contributed by atoms with E-state index in [4.69, 9.17) is 4.74 Å². The molecule has 0 aliphatic carbocycles. The fraction of sp³-hybridized carbons (Fsp3) is 0.261. The van der Waals surface area contributed by atoms with Crippen LogP contribution in [0.1, 0.15) is 32.9 Å². The number of nitrogens with zero attached hydrogens (tertiary/aromatic N) is 2. The third kappa shape index (κ3) is 4.28. The van der Waals surface area contributed by atoms with Gasteiger partial charge in [-0.1, -0.05) is 12.1 Å². The molecule has 3 aromatic rings. The summed E-state index contributed by atoms with van der Waals surface area (Å²) in [5.74, 6) is -1.37. The van der Waals surface area contributed by atoms with Crippen molar-refractivity contribution in [2.24, 2.45) is 0 Å². The van der Waals surface area contributed by atoms with Crippen LogP contribution in [-0.4, -0.2) is 28.5 Å². The van der Waals surface area contributed by atoms with Crippen LogP contribution < -0.4 is 10.1 Å². The fourth-order valence-corrected chi connectivity index (χ4v) is 3.68. The number of rotatable bonds is 4. The van der Waals surface area contributed by atoms with Crippen LogP contribution in [0.3, 0.4) is 0 Å². The summed E-state index contributed by atoms with van der Waals surface area (Å²) in [6, 6.07) is 7.62. The Labute approximate surface area is 181 Å². The molecule has 0 fully saturated rings. The van der Waals surface area contributed by atoms with E-state index in [1.165, 1.54) is 18.2 Å². The number of aromatic nitrogens is 2. The van der Waals surface area contributed by atoms with Gasteiger partial charge in [-0.2, -0.15) is 13.2 Å².